The van der Waals surface area contributed by atoms with Gasteiger partial charge in [-0.2, -0.15) is 0 Å². The summed E-state index contributed by atoms with van der Waals surface area (Å²) in [6.07, 6.45) is 3.70. The van der Waals surface area contributed by atoms with Crippen molar-refractivity contribution in [3.8, 4) is 0 Å². The van der Waals surface area contributed by atoms with E-state index in [1.807, 2.05) is 13.0 Å². The van der Waals surface area contributed by atoms with Crippen LogP contribution in [0.1, 0.15) is 24.6 Å². The number of aliphatic hydroxyl groups excluding tert-OH is 1. The minimum absolute atomic E-state index is 0.112. The Kier molecular flexibility index (Phi) is 2.87. The van der Waals surface area contributed by atoms with Gasteiger partial charge in [0.15, 0.2) is 0 Å². The molecule has 0 atom stereocenters. The molecule has 0 saturated heterocycles. The summed E-state index contributed by atoms with van der Waals surface area (Å²) in [5.74, 6) is 0.112. The maximum absolute atomic E-state index is 10.8. The third-order valence-electron chi connectivity index (χ3n) is 3.53. The highest BCUT2D eigenvalue weighted by molar-refractivity contribution is 6.49. The molecule has 1 heterocycles. The van der Waals surface area contributed by atoms with E-state index in [9.17, 15) is 15.2 Å². The molecule has 1 aromatic rings. The first-order valence-electron chi connectivity index (χ1n) is 6.10. The Labute approximate surface area is 119 Å². The number of allylic oxidation sites excluding steroid dienone is 3. The van der Waals surface area contributed by atoms with Crippen molar-refractivity contribution < 1.29 is 10.0 Å². The molecule has 0 spiro atoms. The Morgan fingerprint density at radius 3 is 2.85 bits per heavy atom. The Bertz CT molecular complexity index is 822. The molecule has 0 bridgehead atoms. The second kappa shape index (κ2) is 4.45. The molecule has 0 unspecified atom stereocenters. The molecule has 2 aliphatic rings. The lowest BCUT2D eigenvalue weighted by molar-refractivity contribution is -0.427. The van der Waals surface area contributed by atoms with Crippen LogP contribution in [0.15, 0.2) is 23.6 Å². The predicted octanol–water partition coefficient (Wildman–Crippen LogP) is 1.62. The van der Waals surface area contributed by atoms with Crippen LogP contribution in [0.3, 0.4) is 0 Å². The van der Waals surface area contributed by atoms with Gasteiger partial charge in [-0.1, -0.05) is 17.2 Å². The van der Waals surface area contributed by atoms with Crippen LogP contribution in [0.5, 0.6) is 0 Å². The second-order valence-electron chi connectivity index (χ2n) is 4.91. The van der Waals surface area contributed by atoms with E-state index in [1.54, 1.807) is 6.08 Å². The topological polar surface area (TPSA) is 76.3 Å². The number of pyridine rings is 1. The van der Waals surface area contributed by atoms with Crippen LogP contribution in [0.4, 0.5) is 0 Å². The zero-order valence-corrected chi connectivity index (χ0v) is 11.4. The van der Waals surface area contributed by atoms with E-state index in [1.165, 1.54) is 6.08 Å². The molecule has 102 valence electrons. The second-order valence-corrected chi connectivity index (χ2v) is 5.28. The lowest BCUT2D eigenvalue weighted by atomic mass is 9.98. The number of hydrogen-bond acceptors (Lipinski definition) is 4. The third-order valence-corrected chi connectivity index (χ3v) is 3.93. The first-order chi connectivity index (χ1) is 9.47. The number of fused-ring (bicyclic) bond motifs is 2. The number of aromatic nitrogens is 1. The summed E-state index contributed by atoms with van der Waals surface area (Å²) in [6.45, 7) is 1.89. The summed E-state index contributed by atoms with van der Waals surface area (Å²) in [5.41, 5.74) is 2.45. The van der Waals surface area contributed by atoms with Gasteiger partial charge in [0.1, 0.15) is 10.8 Å². The first kappa shape index (κ1) is 12.9. The fourth-order valence-corrected chi connectivity index (χ4v) is 2.67. The molecular weight excluding hydrogens is 280 g/mol. The molecule has 0 aromatic carbocycles. The van der Waals surface area contributed by atoms with E-state index >= 15 is 0 Å². The lowest BCUT2D eigenvalue weighted by Crippen LogP contribution is -2.29. The van der Waals surface area contributed by atoms with Gasteiger partial charge in [-0.05, 0) is 24.6 Å². The van der Waals surface area contributed by atoms with Gasteiger partial charge in [0.25, 0.3) is 5.70 Å². The Morgan fingerprint density at radius 2 is 2.15 bits per heavy atom. The normalized spacial score (nSPS) is 17.1. The summed E-state index contributed by atoms with van der Waals surface area (Å²) < 4.78 is 0. The van der Waals surface area contributed by atoms with Gasteiger partial charge in [0.05, 0.1) is 22.4 Å². The standard InChI is InChI=1S/C14H11ClN2O3/c1-7-4-12(18)13(15)14-10(7)6-8-5-9(17(19)20)2-3-11(8)16-14/h2-3,6,18H,4-5H2,1H3. The number of nitrogens with zero attached hydrogens (tertiary/aromatic N) is 2. The SMILES string of the molecule is CC1=c2cc3c(nc2C(Cl)=C(O)C1)=CC=C([N+](=O)[O-])C3. The Hall–Kier alpha value is -2.14. The summed E-state index contributed by atoms with van der Waals surface area (Å²) in [6, 6.07) is 1.88. The molecule has 0 fully saturated rings. The van der Waals surface area contributed by atoms with Crippen molar-refractivity contribution in [2.75, 3.05) is 0 Å². The van der Waals surface area contributed by atoms with E-state index in [0.29, 0.717) is 17.5 Å². The van der Waals surface area contributed by atoms with Crippen molar-refractivity contribution in [2.45, 2.75) is 19.8 Å². The van der Waals surface area contributed by atoms with E-state index in [4.69, 9.17) is 11.6 Å². The largest absolute Gasteiger partial charge is 0.510 e. The van der Waals surface area contributed by atoms with Crippen molar-refractivity contribution in [3.05, 3.63) is 55.5 Å². The quantitative estimate of drug-likeness (QED) is 0.630. The fraction of sp³-hybridized carbons (Fsp3) is 0.214. The lowest BCUT2D eigenvalue weighted by Gasteiger charge is -2.15. The average molecular weight is 291 g/mol. The highest BCUT2D eigenvalue weighted by atomic mass is 35.5. The van der Waals surface area contributed by atoms with E-state index in [2.05, 4.69) is 4.98 Å². The number of rotatable bonds is 1. The molecule has 5 nitrogen and oxygen atoms in total. The molecule has 6 heteroatoms. The van der Waals surface area contributed by atoms with E-state index < -0.39 is 0 Å². The zero-order valence-electron chi connectivity index (χ0n) is 10.7. The first-order valence-corrected chi connectivity index (χ1v) is 6.48. The van der Waals surface area contributed by atoms with Crippen molar-refractivity contribution in [2.24, 2.45) is 0 Å². The van der Waals surface area contributed by atoms with E-state index in [-0.39, 0.29) is 27.8 Å². The van der Waals surface area contributed by atoms with Gasteiger partial charge in [-0.15, -0.1) is 0 Å². The predicted molar refractivity (Wildman–Crippen MR) is 75.8 cm³/mol. The maximum atomic E-state index is 10.8. The summed E-state index contributed by atoms with van der Waals surface area (Å²) in [7, 11) is 0. The fourth-order valence-electron chi connectivity index (χ4n) is 2.46. The molecule has 0 amide bonds. The summed E-state index contributed by atoms with van der Waals surface area (Å²) in [5, 5.41) is 22.4. The molecule has 0 aliphatic heterocycles. The summed E-state index contributed by atoms with van der Waals surface area (Å²) in [4.78, 5) is 14.9. The van der Waals surface area contributed by atoms with Crippen LogP contribution in [-0.4, -0.2) is 15.0 Å². The number of nitro groups is 1. The molecule has 2 aliphatic carbocycles. The maximum Gasteiger partial charge on any atom is 0.250 e. The van der Waals surface area contributed by atoms with Gasteiger partial charge in [0, 0.05) is 17.7 Å². The van der Waals surface area contributed by atoms with Crippen molar-refractivity contribution in [1.29, 1.82) is 0 Å². The van der Waals surface area contributed by atoms with Gasteiger partial charge in [-0.25, -0.2) is 4.98 Å². The Balaban J connectivity index is 2.27. The average Bonchev–Trinajstić information content (AvgIpc) is 2.42. The third kappa shape index (κ3) is 1.91. The number of hydrogen-bond donors (Lipinski definition) is 1. The van der Waals surface area contributed by atoms with Gasteiger partial charge < -0.3 is 5.11 Å². The minimum Gasteiger partial charge on any atom is -0.510 e. The molecule has 1 aromatic heterocycles. The van der Waals surface area contributed by atoms with Crippen LogP contribution in [-0.2, 0) is 6.42 Å². The zero-order chi connectivity index (χ0) is 14.4. The summed E-state index contributed by atoms with van der Waals surface area (Å²) >= 11 is 6.10. The van der Waals surface area contributed by atoms with Crippen LogP contribution >= 0.6 is 11.6 Å². The molecule has 20 heavy (non-hydrogen) atoms. The van der Waals surface area contributed by atoms with Crippen molar-refractivity contribution >= 4 is 28.3 Å². The molecule has 0 saturated carbocycles. The van der Waals surface area contributed by atoms with Crippen molar-refractivity contribution in [3.63, 3.8) is 0 Å². The molecule has 1 N–H and O–H groups in total. The monoisotopic (exact) mass is 290 g/mol. The van der Waals surface area contributed by atoms with Crippen LogP contribution in [0.25, 0.3) is 16.7 Å². The van der Waals surface area contributed by atoms with Gasteiger partial charge >= 0.3 is 0 Å². The highest BCUT2D eigenvalue weighted by Crippen LogP contribution is 2.26. The number of aliphatic hydroxyl groups is 1. The smallest absolute Gasteiger partial charge is 0.250 e. The van der Waals surface area contributed by atoms with Crippen LogP contribution in [0.2, 0.25) is 0 Å². The van der Waals surface area contributed by atoms with Gasteiger partial charge in [-0.3, -0.25) is 10.1 Å². The van der Waals surface area contributed by atoms with E-state index in [0.717, 1.165) is 16.4 Å². The molecule has 0 radical (unpaired) electrons. The Morgan fingerprint density at radius 1 is 1.40 bits per heavy atom. The van der Waals surface area contributed by atoms with Crippen LogP contribution < -0.4 is 10.6 Å². The molecule has 3 rings (SSSR count). The van der Waals surface area contributed by atoms with Crippen LogP contribution in [0, 0.1) is 10.1 Å². The van der Waals surface area contributed by atoms with Gasteiger partial charge in [0.2, 0.25) is 0 Å². The molecular formula is C14H11ClN2O3. The number of halogens is 1. The minimum atomic E-state index is -0.381. The van der Waals surface area contributed by atoms with Crippen molar-refractivity contribution in [1.82, 2.24) is 4.98 Å². The highest BCUT2D eigenvalue weighted by Gasteiger charge is 2.21.